The number of rotatable bonds is 4. The highest BCUT2D eigenvalue weighted by molar-refractivity contribution is 6.35. The first-order valence-corrected chi connectivity index (χ1v) is 7.32. The second-order valence-electron chi connectivity index (χ2n) is 4.56. The Balaban J connectivity index is 2.26. The molecule has 106 valence electrons. The van der Waals surface area contributed by atoms with Gasteiger partial charge in [0.05, 0.1) is 6.04 Å². The summed E-state index contributed by atoms with van der Waals surface area (Å²) in [5.74, 6) is 0. The lowest BCUT2D eigenvalue weighted by atomic mass is 10.1. The first kappa shape index (κ1) is 15.5. The summed E-state index contributed by atoms with van der Waals surface area (Å²) in [6.07, 6.45) is 0. The van der Waals surface area contributed by atoms with Crippen molar-refractivity contribution in [3.8, 4) is 0 Å². The number of halogens is 3. The minimum Gasteiger partial charge on any atom is -0.377 e. The molecule has 2 rings (SSSR count). The van der Waals surface area contributed by atoms with Gasteiger partial charge in [-0.1, -0.05) is 46.9 Å². The Morgan fingerprint density at radius 2 is 1.80 bits per heavy atom. The van der Waals surface area contributed by atoms with E-state index in [2.05, 4.69) is 5.32 Å². The lowest BCUT2D eigenvalue weighted by molar-refractivity contribution is 0.790. The molecule has 0 aromatic heterocycles. The predicted octanol–water partition coefficient (Wildman–Crippen LogP) is 5.07. The quantitative estimate of drug-likeness (QED) is 0.822. The maximum absolute atomic E-state index is 6.22. The van der Waals surface area contributed by atoms with Crippen molar-refractivity contribution in [2.45, 2.75) is 13.0 Å². The van der Waals surface area contributed by atoms with Crippen LogP contribution in [0, 0.1) is 6.92 Å². The number of aryl methyl sites for hydroxylation is 1. The minimum absolute atomic E-state index is 0.0986. The molecule has 0 saturated carbocycles. The number of nitrogens with two attached hydrogens (primary N) is 1. The molecular weight excluding hydrogens is 315 g/mol. The summed E-state index contributed by atoms with van der Waals surface area (Å²) in [6, 6.07) is 11.1. The van der Waals surface area contributed by atoms with E-state index in [1.54, 1.807) is 12.1 Å². The molecule has 0 fully saturated rings. The Labute approximate surface area is 133 Å². The van der Waals surface area contributed by atoms with E-state index in [0.717, 1.165) is 16.8 Å². The summed E-state index contributed by atoms with van der Waals surface area (Å²) in [6.45, 7) is 2.37. The molecule has 0 amide bonds. The molecule has 0 heterocycles. The van der Waals surface area contributed by atoms with Gasteiger partial charge in [-0.05, 0) is 42.3 Å². The Kier molecular flexibility index (Phi) is 5.17. The Bertz CT molecular complexity index is 614. The maximum Gasteiger partial charge on any atom is 0.0650 e. The third-order valence-electron chi connectivity index (χ3n) is 3.09. The summed E-state index contributed by atoms with van der Waals surface area (Å²) in [7, 11) is 0. The zero-order valence-electron chi connectivity index (χ0n) is 11.0. The molecule has 0 aliphatic rings. The van der Waals surface area contributed by atoms with Gasteiger partial charge in [0.25, 0.3) is 0 Å². The number of benzene rings is 2. The number of nitrogens with one attached hydrogen (secondary N) is 1. The van der Waals surface area contributed by atoms with Gasteiger partial charge in [0.15, 0.2) is 0 Å². The fraction of sp³-hybridized carbons (Fsp3) is 0.200. The van der Waals surface area contributed by atoms with Crippen LogP contribution < -0.4 is 11.1 Å². The third kappa shape index (κ3) is 3.58. The van der Waals surface area contributed by atoms with E-state index in [0.29, 0.717) is 21.6 Å². The van der Waals surface area contributed by atoms with Crippen LogP contribution in [0.1, 0.15) is 17.2 Å². The topological polar surface area (TPSA) is 38.0 Å². The number of hydrogen-bond acceptors (Lipinski definition) is 2. The van der Waals surface area contributed by atoms with E-state index in [4.69, 9.17) is 40.5 Å². The number of anilines is 1. The Hall–Kier alpha value is -0.930. The van der Waals surface area contributed by atoms with Gasteiger partial charge in [-0.25, -0.2) is 0 Å². The van der Waals surface area contributed by atoms with Gasteiger partial charge in [-0.3, -0.25) is 0 Å². The fourth-order valence-corrected chi connectivity index (χ4v) is 2.65. The molecule has 0 aliphatic carbocycles. The van der Waals surface area contributed by atoms with Crippen LogP contribution >= 0.6 is 34.8 Å². The van der Waals surface area contributed by atoms with Crippen LogP contribution in [-0.4, -0.2) is 6.54 Å². The zero-order chi connectivity index (χ0) is 14.7. The molecule has 0 aliphatic heterocycles. The SMILES string of the molecule is Cc1ccc(NC(CN)c2ccc(Cl)cc2Cl)cc1Cl. The molecule has 0 spiro atoms. The normalized spacial score (nSPS) is 12.2. The largest absolute Gasteiger partial charge is 0.377 e. The highest BCUT2D eigenvalue weighted by atomic mass is 35.5. The van der Waals surface area contributed by atoms with Crippen molar-refractivity contribution in [1.82, 2.24) is 0 Å². The average molecular weight is 330 g/mol. The van der Waals surface area contributed by atoms with Crippen LogP contribution in [-0.2, 0) is 0 Å². The van der Waals surface area contributed by atoms with Gasteiger partial charge < -0.3 is 11.1 Å². The highest BCUT2D eigenvalue weighted by Gasteiger charge is 2.13. The van der Waals surface area contributed by atoms with Crippen molar-refractivity contribution >= 4 is 40.5 Å². The molecule has 3 N–H and O–H groups in total. The summed E-state index contributed by atoms with van der Waals surface area (Å²) in [5, 5.41) is 5.25. The van der Waals surface area contributed by atoms with Crippen molar-refractivity contribution in [2.24, 2.45) is 5.73 Å². The predicted molar refractivity (Wildman–Crippen MR) is 88.1 cm³/mol. The standard InChI is InChI=1S/C15H15Cl3N2/c1-9-2-4-11(7-13(9)17)20-15(8-19)12-5-3-10(16)6-14(12)18/h2-7,15,20H,8,19H2,1H3. The molecule has 0 saturated heterocycles. The van der Waals surface area contributed by atoms with E-state index in [-0.39, 0.29) is 6.04 Å². The highest BCUT2D eigenvalue weighted by Crippen LogP contribution is 2.29. The van der Waals surface area contributed by atoms with Crippen LogP contribution in [0.15, 0.2) is 36.4 Å². The van der Waals surface area contributed by atoms with E-state index >= 15 is 0 Å². The van der Waals surface area contributed by atoms with Gasteiger partial charge in [-0.2, -0.15) is 0 Å². The maximum atomic E-state index is 6.22. The van der Waals surface area contributed by atoms with Crippen molar-refractivity contribution in [2.75, 3.05) is 11.9 Å². The van der Waals surface area contributed by atoms with Crippen LogP contribution in [0.4, 0.5) is 5.69 Å². The van der Waals surface area contributed by atoms with Crippen molar-refractivity contribution in [3.63, 3.8) is 0 Å². The minimum atomic E-state index is -0.0986. The molecule has 0 bridgehead atoms. The fourth-order valence-electron chi connectivity index (χ4n) is 1.93. The molecule has 0 radical (unpaired) electrons. The average Bonchev–Trinajstić information content (AvgIpc) is 2.41. The van der Waals surface area contributed by atoms with Crippen molar-refractivity contribution < 1.29 is 0 Å². The zero-order valence-corrected chi connectivity index (χ0v) is 13.2. The molecular formula is C15H15Cl3N2. The lowest BCUT2D eigenvalue weighted by Gasteiger charge is -2.20. The first-order chi connectivity index (χ1) is 9.51. The van der Waals surface area contributed by atoms with Crippen LogP contribution in [0.5, 0.6) is 0 Å². The van der Waals surface area contributed by atoms with Crippen LogP contribution in [0.3, 0.4) is 0 Å². The van der Waals surface area contributed by atoms with E-state index in [1.165, 1.54) is 0 Å². The molecule has 1 atom stereocenters. The monoisotopic (exact) mass is 328 g/mol. The molecule has 1 unspecified atom stereocenters. The van der Waals surface area contributed by atoms with E-state index in [9.17, 15) is 0 Å². The van der Waals surface area contributed by atoms with Gasteiger partial charge in [0.2, 0.25) is 0 Å². The summed E-state index contributed by atoms with van der Waals surface area (Å²) < 4.78 is 0. The Morgan fingerprint density at radius 1 is 1.05 bits per heavy atom. The lowest BCUT2D eigenvalue weighted by Crippen LogP contribution is -2.21. The summed E-state index contributed by atoms with van der Waals surface area (Å²) in [5.41, 5.74) is 8.69. The second kappa shape index (κ2) is 6.68. The number of hydrogen-bond donors (Lipinski definition) is 2. The first-order valence-electron chi connectivity index (χ1n) is 6.19. The van der Waals surface area contributed by atoms with Crippen LogP contribution in [0.25, 0.3) is 0 Å². The molecule has 20 heavy (non-hydrogen) atoms. The Morgan fingerprint density at radius 3 is 2.40 bits per heavy atom. The van der Waals surface area contributed by atoms with Gasteiger partial charge >= 0.3 is 0 Å². The van der Waals surface area contributed by atoms with Crippen molar-refractivity contribution in [3.05, 3.63) is 62.6 Å². The molecule has 2 aromatic rings. The molecule has 5 heteroatoms. The third-order valence-corrected chi connectivity index (χ3v) is 4.06. The summed E-state index contributed by atoms with van der Waals surface area (Å²) >= 11 is 18.3. The molecule has 2 aromatic carbocycles. The summed E-state index contributed by atoms with van der Waals surface area (Å²) in [4.78, 5) is 0. The van der Waals surface area contributed by atoms with Gasteiger partial charge in [0.1, 0.15) is 0 Å². The van der Waals surface area contributed by atoms with Gasteiger partial charge in [0, 0.05) is 27.3 Å². The van der Waals surface area contributed by atoms with Gasteiger partial charge in [-0.15, -0.1) is 0 Å². The smallest absolute Gasteiger partial charge is 0.0650 e. The van der Waals surface area contributed by atoms with Crippen LogP contribution in [0.2, 0.25) is 15.1 Å². The van der Waals surface area contributed by atoms with E-state index < -0.39 is 0 Å². The molecule has 2 nitrogen and oxygen atoms in total. The van der Waals surface area contributed by atoms with Crippen molar-refractivity contribution in [1.29, 1.82) is 0 Å². The second-order valence-corrected chi connectivity index (χ2v) is 5.81. The van der Waals surface area contributed by atoms with E-state index in [1.807, 2.05) is 31.2 Å².